The molecule has 1 heterocycles. The van der Waals surface area contributed by atoms with E-state index in [1.807, 2.05) is 0 Å². The SMILES string of the molecule is NC(=O)C(N)C1CCCNC1. The first-order valence-corrected chi connectivity index (χ1v) is 3.97. The topological polar surface area (TPSA) is 81.1 Å². The maximum atomic E-state index is 10.7. The van der Waals surface area contributed by atoms with Crippen LogP contribution >= 0.6 is 0 Å². The Morgan fingerprint density at radius 2 is 2.36 bits per heavy atom. The van der Waals surface area contributed by atoms with Crippen molar-refractivity contribution >= 4 is 5.91 Å². The van der Waals surface area contributed by atoms with Gasteiger partial charge in [0.15, 0.2) is 0 Å². The van der Waals surface area contributed by atoms with Gasteiger partial charge in [-0.15, -0.1) is 0 Å². The van der Waals surface area contributed by atoms with Crippen molar-refractivity contribution in [2.75, 3.05) is 13.1 Å². The lowest BCUT2D eigenvalue weighted by molar-refractivity contribution is -0.120. The largest absolute Gasteiger partial charge is 0.368 e. The smallest absolute Gasteiger partial charge is 0.234 e. The summed E-state index contributed by atoms with van der Waals surface area (Å²) < 4.78 is 0. The zero-order valence-electron chi connectivity index (χ0n) is 6.55. The number of carbonyl (C=O) groups excluding carboxylic acids is 1. The lowest BCUT2D eigenvalue weighted by Gasteiger charge is -2.25. The summed E-state index contributed by atoms with van der Waals surface area (Å²) in [4.78, 5) is 10.7. The van der Waals surface area contributed by atoms with Crippen molar-refractivity contribution in [1.82, 2.24) is 5.32 Å². The summed E-state index contributed by atoms with van der Waals surface area (Å²) in [5.74, 6) is -0.153. The van der Waals surface area contributed by atoms with E-state index in [1.165, 1.54) is 0 Å². The van der Waals surface area contributed by atoms with E-state index in [4.69, 9.17) is 11.5 Å². The predicted octanol–water partition coefficient (Wildman–Crippen LogP) is -1.20. The van der Waals surface area contributed by atoms with Crippen LogP contribution in [-0.2, 0) is 4.79 Å². The van der Waals surface area contributed by atoms with E-state index in [0.29, 0.717) is 0 Å². The maximum absolute atomic E-state index is 10.7. The first-order chi connectivity index (χ1) is 5.22. The molecule has 1 aliphatic rings. The second-order valence-corrected chi connectivity index (χ2v) is 3.03. The number of amides is 1. The maximum Gasteiger partial charge on any atom is 0.234 e. The molecule has 0 aromatic carbocycles. The van der Waals surface area contributed by atoms with E-state index in [1.54, 1.807) is 0 Å². The molecule has 0 aliphatic carbocycles. The highest BCUT2D eigenvalue weighted by Gasteiger charge is 2.23. The van der Waals surface area contributed by atoms with Gasteiger partial charge in [-0.1, -0.05) is 0 Å². The molecule has 0 spiro atoms. The van der Waals surface area contributed by atoms with Crippen molar-refractivity contribution < 1.29 is 4.79 Å². The van der Waals surface area contributed by atoms with Crippen LogP contribution in [0.4, 0.5) is 0 Å². The molecule has 0 aromatic rings. The van der Waals surface area contributed by atoms with Crippen LogP contribution in [0.2, 0.25) is 0 Å². The zero-order chi connectivity index (χ0) is 8.27. The number of carbonyl (C=O) groups is 1. The Hall–Kier alpha value is -0.610. The number of hydrogen-bond acceptors (Lipinski definition) is 3. The van der Waals surface area contributed by atoms with Crippen LogP contribution in [0.3, 0.4) is 0 Å². The van der Waals surface area contributed by atoms with Crippen molar-refractivity contribution in [1.29, 1.82) is 0 Å². The van der Waals surface area contributed by atoms with Crippen LogP contribution in [0.1, 0.15) is 12.8 Å². The number of primary amides is 1. The lowest BCUT2D eigenvalue weighted by atomic mass is 9.92. The predicted molar refractivity (Wildman–Crippen MR) is 42.8 cm³/mol. The molecule has 1 amide bonds. The molecule has 5 N–H and O–H groups in total. The van der Waals surface area contributed by atoms with Crippen LogP contribution in [0, 0.1) is 5.92 Å². The Balaban J connectivity index is 2.38. The summed E-state index contributed by atoms with van der Waals surface area (Å²) in [5, 5.41) is 3.18. The Labute approximate surface area is 66.3 Å². The van der Waals surface area contributed by atoms with Gasteiger partial charge < -0.3 is 16.8 Å². The molecule has 1 fully saturated rings. The summed E-state index contributed by atoms with van der Waals surface area (Å²) >= 11 is 0. The molecule has 0 saturated carbocycles. The van der Waals surface area contributed by atoms with Crippen LogP contribution < -0.4 is 16.8 Å². The second-order valence-electron chi connectivity index (χ2n) is 3.03. The third-order valence-corrected chi connectivity index (χ3v) is 2.17. The summed E-state index contributed by atoms with van der Waals surface area (Å²) in [7, 11) is 0. The number of piperidine rings is 1. The number of nitrogens with two attached hydrogens (primary N) is 2. The minimum Gasteiger partial charge on any atom is -0.368 e. The molecule has 1 aliphatic heterocycles. The lowest BCUT2D eigenvalue weighted by Crippen LogP contribution is -2.48. The van der Waals surface area contributed by atoms with Gasteiger partial charge >= 0.3 is 0 Å². The molecular weight excluding hydrogens is 142 g/mol. The van der Waals surface area contributed by atoms with E-state index in [-0.39, 0.29) is 5.92 Å². The minimum atomic E-state index is -0.470. The van der Waals surface area contributed by atoms with Gasteiger partial charge in [0.1, 0.15) is 0 Å². The molecule has 11 heavy (non-hydrogen) atoms. The molecule has 0 aromatic heterocycles. The first-order valence-electron chi connectivity index (χ1n) is 3.97. The van der Waals surface area contributed by atoms with E-state index < -0.39 is 11.9 Å². The molecule has 0 bridgehead atoms. The molecule has 2 unspecified atom stereocenters. The molecule has 2 atom stereocenters. The normalized spacial score (nSPS) is 27.9. The standard InChI is InChI=1S/C7H15N3O/c8-6(7(9)11)5-2-1-3-10-4-5/h5-6,10H,1-4,8H2,(H2,9,11). The molecule has 4 nitrogen and oxygen atoms in total. The fourth-order valence-electron chi connectivity index (χ4n) is 1.42. The quantitative estimate of drug-likeness (QED) is 0.471. The Morgan fingerprint density at radius 3 is 2.82 bits per heavy atom. The van der Waals surface area contributed by atoms with E-state index in [9.17, 15) is 4.79 Å². The Bertz CT molecular complexity index is 143. The molecule has 0 radical (unpaired) electrons. The fraction of sp³-hybridized carbons (Fsp3) is 0.857. The second kappa shape index (κ2) is 3.69. The van der Waals surface area contributed by atoms with E-state index in [0.717, 1.165) is 25.9 Å². The Kier molecular flexibility index (Phi) is 2.84. The van der Waals surface area contributed by atoms with Crippen molar-refractivity contribution in [2.45, 2.75) is 18.9 Å². The average Bonchev–Trinajstić information content (AvgIpc) is 2.05. The van der Waals surface area contributed by atoms with Crippen molar-refractivity contribution in [2.24, 2.45) is 17.4 Å². The van der Waals surface area contributed by atoms with Gasteiger partial charge in [-0.2, -0.15) is 0 Å². The van der Waals surface area contributed by atoms with Crippen LogP contribution in [-0.4, -0.2) is 25.0 Å². The highest BCUT2D eigenvalue weighted by molar-refractivity contribution is 5.79. The van der Waals surface area contributed by atoms with Gasteiger partial charge in [-0.3, -0.25) is 4.79 Å². The summed E-state index contributed by atoms with van der Waals surface area (Å²) in [6.45, 7) is 1.85. The van der Waals surface area contributed by atoms with Gasteiger partial charge in [-0.05, 0) is 31.8 Å². The third-order valence-electron chi connectivity index (χ3n) is 2.17. The summed E-state index contributed by atoms with van der Waals surface area (Å²) in [6, 6.07) is -0.470. The van der Waals surface area contributed by atoms with Gasteiger partial charge in [0.25, 0.3) is 0 Å². The summed E-state index contributed by atoms with van der Waals surface area (Å²) in [6.07, 6.45) is 2.10. The zero-order valence-corrected chi connectivity index (χ0v) is 6.55. The highest BCUT2D eigenvalue weighted by atomic mass is 16.1. The monoisotopic (exact) mass is 157 g/mol. The third kappa shape index (κ3) is 2.17. The van der Waals surface area contributed by atoms with Crippen molar-refractivity contribution in [3.63, 3.8) is 0 Å². The van der Waals surface area contributed by atoms with Gasteiger partial charge in [0.05, 0.1) is 6.04 Å². The molecule has 1 saturated heterocycles. The molecule has 4 heteroatoms. The van der Waals surface area contributed by atoms with Gasteiger partial charge in [0.2, 0.25) is 5.91 Å². The van der Waals surface area contributed by atoms with Gasteiger partial charge in [-0.25, -0.2) is 0 Å². The van der Waals surface area contributed by atoms with Crippen LogP contribution in [0.25, 0.3) is 0 Å². The number of hydrogen-bond donors (Lipinski definition) is 3. The van der Waals surface area contributed by atoms with Crippen molar-refractivity contribution in [3.8, 4) is 0 Å². The minimum absolute atomic E-state index is 0.237. The molecule has 64 valence electrons. The number of nitrogens with one attached hydrogen (secondary N) is 1. The van der Waals surface area contributed by atoms with Crippen LogP contribution in [0.15, 0.2) is 0 Å². The van der Waals surface area contributed by atoms with Gasteiger partial charge in [0, 0.05) is 0 Å². The average molecular weight is 157 g/mol. The number of rotatable bonds is 2. The highest BCUT2D eigenvalue weighted by Crippen LogP contribution is 2.12. The van der Waals surface area contributed by atoms with E-state index >= 15 is 0 Å². The molecular formula is C7H15N3O. The van der Waals surface area contributed by atoms with E-state index in [2.05, 4.69) is 5.32 Å². The Morgan fingerprint density at radius 1 is 1.64 bits per heavy atom. The van der Waals surface area contributed by atoms with Crippen molar-refractivity contribution in [3.05, 3.63) is 0 Å². The fourth-order valence-corrected chi connectivity index (χ4v) is 1.42. The van der Waals surface area contributed by atoms with Crippen LogP contribution in [0.5, 0.6) is 0 Å². The molecule has 1 rings (SSSR count). The summed E-state index contributed by atoms with van der Waals surface area (Å²) in [5.41, 5.74) is 10.7. The first kappa shape index (κ1) is 8.49.